The van der Waals surface area contributed by atoms with Crippen LogP contribution in [0.3, 0.4) is 0 Å². The number of ether oxygens (including phenoxy) is 1. The van der Waals surface area contributed by atoms with Crippen molar-refractivity contribution in [1.29, 1.82) is 0 Å². The van der Waals surface area contributed by atoms with E-state index in [2.05, 4.69) is 22.4 Å². The number of benzene rings is 3. The maximum Gasteiger partial charge on any atom is 0.268 e. The summed E-state index contributed by atoms with van der Waals surface area (Å²) in [6.45, 7) is 0. The first kappa shape index (κ1) is 22.4. The molecule has 2 unspecified atom stereocenters. The van der Waals surface area contributed by atoms with E-state index >= 15 is 0 Å². The molecule has 35 heavy (non-hydrogen) atoms. The Balaban J connectivity index is 1.49. The number of aryl methyl sites for hydroxylation is 1. The molecule has 1 aliphatic rings. The minimum Gasteiger partial charge on any atom is -0.496 e. The van der Waals surface area contributed by atoms with Gasteiger partial charge in [-0.3, -0.25) is 9.80 Å². The highest BCUT2D eigenvalue weighted by Crippen LogP contribution is 2.35. The summed E-state index contributed by atoms with van der Waals surface area (Å²) in [5, 5.41) is 9.90. The zero-order valence-electron chi connectivity index (χ0n) is 19.7. The van der Waals surface area contributed by atoms with Gasteiger partial charge in [-0.2, -0.15) is 5.10 Å². The lowest BCUT2D eigenvalue weighted by molar-refractivity contribution is -0.115. The molecule has 1 aromatic heterocycles. The third kappa shape index (κ3) is 4.53. The number of nitrogens with one attached hydrogen (secondary N) is 1. The summed E-state index contributed by atoms with van der Waals surface area (Å²) in [6.07, 6.45) is 4.07. The van der Waals surface area contributed by atoms with Crippen molar-refractivity contribution in [3.8, 4) is 5.75 Å². The van der Waals surface area contributed by atoms with Gasteiger partial charge in [-0.1, -0.05) is 66.7 Å². The molecule has 176 valence electrons. The lowest BCUT2D eigenvalue weighted by Gasteiger charge is -2.23. The van der Waals surface area contributed by atoms with E-state index in [0.29, 0.717) is 23.7 Å². The van der Waals surface area contributed by atoms with E-state index in [1.165, 1.54) is 0 Å². The van der Waals surface area contributed by atoms with E-state index in [0.717, 1.165) is 16.8 Å². The molecule has 1 amide bonds. The second-order valence-corrected chi connectivity index (χ2v) is 8.40. The van der Waals surface area contributed by atoms with Gasteiger partial charge in [-0.05, 0) is 23.8 Å². The number of anilines is 1. The van der Waals surface area contributed by atoms with Gasteiger partial charge in [0.05, 0.1) is 18.8 Å². The molecule has 0 saturated carbocycles. The Hall–Kier alpha value is -4.39. The van der Waals surface area contributed by atoms with E-state index < -0.39 is 6.04 Å². The fraction of sp³-hybridized carbons (Fsp3) is 0.179. The van der Waals surface area contributed by atoms with E-state index in [9.17, 15) is 4.79 Å². The minimum atomic E-state index is -0.498. The average molecular weight is 466 g/mol. The minimum absolute atomic E-state index is 0.0720. The van der Waals surface area contributed by atoms with Crippen LogP contribution in [0.5, 0.6) is 5.75 Å². The maximum absolute atomic E-state index is 13.6. The number of nitrogens with zero attached hydrogens (tertiary/aromatic N) is 4. The Bertz CT molecular complexity index is 1330. The van der Waals surface area contributed by atoms with Crippen molar-refractivity contribution in [3.05, 3.63) is 114 Å². The summed E-state index contributed by atoms with van der Waals surface area (Å²) >= 11 is 0. The second-order valence-electron chi connectivity index (χ2n) is 8.40. The topological polar surface area (TPSA) is 71.8 Å². The number of para-hydroxylation sites is 2. The van der Waals surface area contributed by atoms with Crippen LogP contribution in [0.2, 0.25) is 0 Å². The van der Waals surface area contributed by atoms with Gasteiger partial charge in [0, 0.05) is 31.4 Å². The summed E-state index contributed by atoms with van der Waals surface area (Å²) < 4.78 is 7.49. The molecular formula is C28H27N5O2. The first-order chi connectivity index (χ1) is 17.2. The smallest absolute Gasteiger partial charge is 0.268 e. The lowest BCUT2D eigenvalue weighted by Crippen LogP contribution is -2.35. The third-order valence-corrected chi connectivity index (χ3v) is 6.22. The third-order valence-electron chi connectivity index (χ3n) is 6.22. The van der Waals surface area contributed by atoms with Crippen LogP contribution in [0.25, 0.3) is 0 Å². The Morgan fingerprint density at radius 2 is 1.69 bits per heavy atom. The van der Waals surface area contributed by atoms with Crippen LogP contribution >= 0.6 is 0 Å². The Kier molecular flexibility index (Phi) is 6.30. The molecule has 7 nitrogen and oxygen atoms in total. The monoisotopic (exact) mass is 465 g/mol. The normalized spacial score (nSPS) is 16.0. The number of amides is 1. The summed E-state index contributed by atoms with van der Waals surface area (Å²) in [7, 11) is 3.53. The van der Waals surface area contributed by atoms with Gasteiger partial charge < -0.3 is 14.6 Å². The molecule has 3 aromatic carbocycles. The predicted molar refractivity (Wildman–Crippen MR) is 136 cm³/mol. The highest BCUT2D eigenvalue weighted by atomic mass is 16.5. The van der Waals surface area contributed by atoms with Gasteiger partial charge in [0.2, 0.25) is 0 Å². The lowest BCUT2D eigenvalue weighted by atomic mass is 10.00. The standard InChI is InChI=1S/C28H27N5O2/c1-32-18-17-29-27(32)26(22-15-9-10-16-25(22)35-2)30-28(34)23-19-24(20-11-5-3-6-12-20)33(31-23)21-13-7-4-8-14-21/h3-18,24,26H,19H2,1-2H3,(H,30,34). The molecule has 2 atom stereocenters. The number of carbonyl (C=O) groups is 1. The molecule has 4 aromatic rings. The van der Waals surface area contributed by atoms with Gasteiger partial charge in [0.15, 0.2) is 0 Å². The highest BCUT2D eigenvalue weighted by molar-refractivity contribution is 6.39. The SMILES string of the molecule is COc1ccccc1C(NC(=O)C1=NN(c2ccccc2)C(c2ccccc2)C1)c1nccn1C. The van der Waals surface area contributed by atoms with Crippen molar-refractivity contribution in [2.75, 3.05) is 12.1 Å². The summed E-state index contributed by atoms with van der Waals surface area (Å²) in [5.41, 5.74) is 3.34. The first-order valence-corrected chi connectivity index (χ1v) is 11.5. The molecule has 1 aliphatic heterocycles. The van der Waals surface area contributed by atoms with Crippen LogP contribution in [-0.4, -0.2) is 28.3 Å². The van der Waals surface area contributed by atoms with Crippen LogP contribution in [0, 0.1) is 0 Å². The van der Waals surface area contributed by atoms with Crippen LogP contribution in [0.1, 0.15) is 35.5 Å². The van der Waals surface area contributed by atoms with E-state index in [1.807, 2.05) is 95.6 Å². The fourth-order valence-electron chi connectivity index (χ4n) is 4.46. The number of hydrazone groups is 1. The molecule has 1 N–H and O–H groups in total. The number of hydrogen-bond donors (Lipinski definition) is 1. The summed E-state index contributed by atoms with van der Waals surface area (Å²) in [4.78, 5) is 18.2. The van der Waals surface area contributed by atoms with Crippen molar-refractivity contribution in [3.63, 3.8) is 0 Å². The molecule has 0 saturated heterocycles. The number of aromatic nitrogens is 2. The Labute approximate surface area is 204 Å². The molecule has 7 heteroatoms. The van der Waals surface area contributed by atoms with E-state index in [1.54, 1.807) is 13.3 Å². The molecule has 2 heterocycles. The van der Waals surface area contributed by atoms with Gasteiger partial charge in [-0.25, -0.2) is 4.98 Å². The van der Waals surface area contributed by atoms with Crippen molar-refractivity contribution >= 4 is 17.3 Å². The van der Waals surface area contributed by atoms with Gasteiger partial charge in [-0.15, -0.1) is 0 Å². The van der Waals surface area contributed by atoms with Gasteiger partial charge >= 0.3 is 0 Å². The Morgan fingerprint density at radius 3 is 2.37 bits per heavy atom. The number of imidazole rings is 1. The fourth-order valence-corrected chi connectivity index (χ4v) is 4.46. The maximum atomic E-state index is 13.6. The second kappa shape index (κ2) is 9.85. The molecule has 0 radical (unpaired) electrons. The summed E-state index contributed by atoms with van der Waals surface area (Å²) in [5.74, 6) is 1.16. The molecule has 0 aliphatic carbocycles. The predicted octanol–water partition coefficient (Wildman–Crippen LogP) is 4.64. The molecule has 0 bridgehead atoms. The van der Waals surface area contributed by atoms with E-state index in [4.69, 9.17) is 9.84 Å². The van der Waals surface area contributed by atoms with Crippen molar-refractivity contribution in [2.24, 2.45) is 12.1 Å². The van der Waals surface area contributed by atoms with E-state index in [-0.39, 0.29) is 11.9 Å². The molecule has 0 fully saturated rings. The molecule has 0 spiro atoms. The van der Waals surface area contributed by atoms with Gasteiger partial charge in [0.25, 0.3) is 5.91 Å². The number of hydrogen-bond acceptors (Lipinski definition) is 5. The van der Waals surface area contributed by atoms with Crippen molar-refractivity contribution in [2.45, 2.75) is 18.5 Å². The van der Waals surface area contributed by atoms with Crippen LogP contribution < -0.4 is 15.1 Å². The number of carbonyl (C=O) groups excluding carboxylic acids is 1. The average Bonchev–Trinajstić information content (AvgIpc) is 3.55. The zero-order valence-corrected chi connectivity index (χ0v) is 19.7. The Morgan fingerprint density at radius 1 is 1.00 bits per heavy atom. The summed E-state index contributed by atoms with van der Waals surface area (Å²) in [6, 6.07) is 27.2. The molecule has 5 rings (SSSR count). The largest absolute Gasteiger partial charge is 0.496 e. The van der Waals surface area contributed by atoms with Crippen molar-refractivity contribution < 1.29 is 9.53 Å². The number of rotatable bonds is 7. The first-order valence-electron chi connectivity index (χ1n) is 11.5. The van der Waals surface area contributed by atoms with Crippen LogP contribution in [-0.2, 0) is 11.8 Å². The van der Waals surface area contributed by atoms with Crippen molar-refractivity contribution in [1.82, 2.24) is 14.9 Å². The van der Waals surface area contributed by atoms with Crippen LogP contribution in [0.4, 0.5) is 5.69 Å². The zero-order chi connectivity index (χ0) is 24.2. The number of methoxy groups -OCH3 is 1. The van der Waals surface area contributed by atoms with Crippen LogP contribution in [0.15, 0.2) is 102 Å². The molecular weight excluding hydrogens is 438 g/mol. The highest BCUT2D eigenvalue weighted by Gasteiger charge is 2.34. The quantitative estimate of drug-likeness (QED) is 0.432. The van der Waals surface area contributed by atoms with Gasteiger partial charge in [0.1, 0.15) is 23.3 Å².